The average Bonchev–Trinajstić information content (AvgIpc) is 3.09. The molecule has 6 atom stereocenters. The highest BCUT2D eigenvalue weighted by Crippen LogP contribution is 2.66. The van der Waals surface area contributed by atoms with Crippen molar-refractivity contribution in [3.8, 4) is 0 Å². The fourth-order valence-corrected chi connectivity index (χ4v) is 6.81. The van der Waals surface area contributed by atoms with Crippen molar-refractivity contribution in [3.63, 3.8) is 0 Å². The van der Waals surface area contributed by atoms with Crippen molar-refractivity contribution in [1.29, 1.82) is 0 Å². The molecular formula is C22H32. The van der Waals surface area contributed by atoms with Gasteiger partial charge in [-0.05, 0) is 78.2 Å². The van der Waals surface area contributed by atoms with E-state index in [0.717, 1.165) is 29.6 Å². The summed E-state index contributed by atoms with van der Waals surface area (Å²) in [5.41, 5.74) is 3.93. The lowest BCUT2D eigenvalue weighted by Gasteiger charge is -2.49. The molecule has 1 aromatic rings. The third-order valence-corrected chi connectivity index (χ3v) is 8.07. The van der Waals surface area contributed by atoms with Crippen molar-refractivity contribution in [2.75, 3.05) is 0 Å². The minimum Gasteiger partial charge on any atom is -0.0620 e. The first-order chi connectivity index (χ1) is 10.6. The standard InChI is InChI=1S/C22H32/c1-4-16-8-5-6-10-20(16)18-12-15(2)22(3)19(14-18)13-17-9-7-11-21(17)22/h5-6,8,10,15,17-19,21H,4,7,9,11-14H2,1-3H3/t15-,17?,18?,19+,21?,22-/m0/s1. The Bertz CT molecular complexity index is 545. The van der Waals surface area contributed by atoms with Crippen LogP contribution in [0.1, 0.15) is 76.3 Å². The first kappa shape index (κ1) is 14.8. The van der Waals surface area contributed by atoms with Gasteiger partial charge in [-0.1, -0.05) is 57.9 Å². The summed E-state index contributed by atoms with van der Waals surface area (Å²) < 4.78 is 0. The normalized spacial score (nSPS) is 43.9. The van der Waals surface area contributed by atoms with E-state index in [1.807, 2.05) is 0 Å². The van der Waals surface area contributed by atoms with Crippen LogP contribution in [0.4, 0.5) is 0 Å². The number of rotatable bonds is 2. The number of hydrogen-bond donors (Lipinski definition) is 0. The van der Waals surface area contributed by atoms with E-state index < -0.39 is 0 Å². The molecule has 1 aromatic carbocycles. The highest BCUT2D eigenvalue weighted by Gasteiger charge is 2.57. The van der Waals surface area contributed by atoms with E-state index in [-0.39, 0.29) is 0 Å². The first-order valence-electron chi connectivity index (χ1n) is 9.72. The Hall–Kier alpha value is -0.780. The summed E-state index contributed by atoms with van der Waals surface area (Å²) in [6.07, 6.45) is 10.2. The van der Waals surface area contributed by atoms with Crippen LogP contribution in [0.25, 0.3) is 0 Å². The molecule has 0 radical (unpaired) electrons. The van der Waals surface area contributed by atoms with Gasteiger partial charge in [-0.3, -0.25) is 0 Å². The molecule has 0 N–H and O–H groups in total. The van der Waals surface area contributed by atoms with Crippen LogP contribution in [0.3, 0.4) is 0 Å². The molecular weight excluding hydrogens is 264 g/mol. The largest absolute Gasteiger partial charge is 0.0620 e. The van der Waals surface area contributed by atoms with Gasteiger partial charge < -0.3 is 0 Å². The van der Waals surface area contributed by atoms with Gasteiger partial charge in [0.2, 0.25) is 0 Å². The second-order valence-corrected chi connectivity index (χ2v) is 8.72. The lowest BCUT2D eigenvalue weighted by molar-refractivity contribution is 0.0230. The first-order valence-corrected chi connectivity index (χ1v) is 9.72. The number of aryl methyl sites for hydroxylation is 1. The van der Waals surface area contributed by atoms with Crippen molar-refractivity contribution in [3.05, 3.63) is 35.4 Å². The molecule has 3 unspecified atom stereocenters. The maximum atomic E-state index is 2.67. The molecule has 0 nitrogen and oxygen atoms in total. The molecule has 3 aliphatic rings. The van der Waals surface area contributed by atoms with Gasteiger partial charge in [0, 0.05) is 0 Å². The third kappa shape index (κ3) is 2.02. The molecule has 0 amide bonds. The van der Waals surface area contributed by atoms with E-state index in [1.165, 1.54) is 44.9 Å². The summed E-state index contributed by atoms with van der Waals surface area (Å²) in [5.74, 6) is 4.83. The smallest absolute Gasteiger partial charge is 0.0154 e. The van der Waals surface area contributed by atoms with Crippen molar-refractivity contribution in [2.45, 2.75) is 71.6 Å². The molecule has 0 spiro atoms. The van der Waals surface area contributed by atoms with Gasteiger partial charge in [0.25, 0.3) is 0 Å². The Morgan fingerprint density at radius 1 is 1.09 bits per heavy atom. The SMILES string of the molecule is CCc1ccccc1C1C[C@H]2CC3CCCC3[C@@]2(C)[C@@H](C)C1. The predicted molar refractivity (Wildman–Crippen MR) is 94.0 cm³/mol. The molecule has 0 saturated heterocycles. The fourth-order valence-electron chi connectivity index (χ4n) is 6.81. The van der Waals surface area contributed by atoms with Crippen LogP contribution in [-0.2, 0) is 6.42 Å². The molecule has 120 valence electrons. The van der Waals surface area contributed by atoms with E-state index in [1.54, 1.807) is 11.1 Å². The van der Waals surface area contributed by atoms with Gasteiger partial charge in [-0.2, -0.15) is 0 Å². The lowest BCUT2D eigenvalue weighted by Crippen LogP contribution is -2.41. The maximum absolute atomic E-state index is 2.67. The summed E-state index contributed by atoms with van der Waals surface area (Å²) in [5, 5.41) is 0. The Morgan fingerprint density at radius 2 is 1.91 bits per heavy atom. The second-order valence-electron chi connectivity index (χ2n) is 8.72. The number of fused-ring (bicyclic) bond motifs is 3. The topological polar surface area (TPSA) is 0 Å². The summed E-state index contributed by atoms with van der Waals surface area (Å²) in [7, 11) is 0. The Kier molecular flexibility index (Phi) is 3.62. The zero-order chi connectivity index (χ0) is 15.3. The highest BCUT2D eigenvalue weighted by atomic mass is 14.6. The maximum Gasteiger partial charge on any atom is -0.0154 e. The van der Waals surface area contributed by atoms with Gasteiger partial charge in [0.15, 0.2) is 0 Å². The Labute approximate surface area is 136 Å². The summed E-state index contributed by atoms with van der Waals surface area (Å²) in [6.45, 7) is 7.56. The third-order valence-electron chi connectivity index (χ3n) is 8.07. The molecule has 0 heterocycles. The Balaban J connectivity index is 1.63. The molecule has 0 heteroatoms. The quantitative estimate of drug-likeness (QED) is 0.609. The van der Waals surface area contributed by atoms with Crippen molar-refractivity contribution < 1.29 is 0 Å². The van der Waals surface area contributed by atoms with E-state index >= 15 is 0 Å². The van der Waals surface area contributed by atoms with Crippen LogP contribution in [-0.4, -0.2) is 0 Å². The van der Waals surface area contributed by atoms with E-state index in [2.05, 4.69) is 45.0 Å². The predicted octanol–water partition coefficient (Wildman–Crippen LogP) is 6.21. The summed E-state index contributed by atoms with van der Waals surface area (Å²) >= 11 is 0. The molecule has 3 aliphatic carbocycles. The van der Waals surface area contributed by atoms with Gasteiger partial charge in [0.1, 0.15) is 0 Å². The molecule has 4 rings (SSSR count). The molecule has 0 bridgehead atoms. The monoisotopic (exact) mass is 296 g/mol. The van der Waals surface area contributed by atoms with Gasteiger partial charge in [0.05, 0.1) is 0 Å². The van der Waals surface area contributed by atoms with E-state index in [9.17, 15) is 0 Å². The minimum atomic E-state index is 0.652. The summed E-state index contributed by atoms with van der Waals surface area (Å²) in [4.78, 5) is 0. The van der Waals surface area contributed by atoms with Crippen LogP contribution >= 0.6 is 0 Å². The van der Waals surface area contributed by atoms with Crippen LogP contribution in [0.5, 0.6) is 0 Å². The molecule has 3 fully saturated rings. The van der Waals surface area contributed by atoms with Crippen molar-refractivity contribution in [1.82, 2.24) is 0 Å². The van der Waals surface area contributed by atoms with E-state index in [0.29, 0.717) is 5.41 Å². The van der Waals surface area contributed by atoms with Gasteiger partial charge in [-0.15, -0.1) is 0 Å². The van der Waals surface area contributed by atoms with Crippen LogP contribution < -0.4 is 0 Å². The van der Waals surface area contributed by atoms with Gasteiger partial charge in [-0.25, -0.2) is 0 Å². The van der Waals surface area contributed by atoms with Crippen molar-refractivity contribution in [2.24, 2.45) is 29.1 Å². The van der Waals surface area contributed by atoms with Crippen LogP contribution in [0.15, 0.2) is 24.3 Å². The second kappa shape index (κ2) is 5.39. The fraction of sp³-hybridized carbons (Fsp3) is 0.727. The minimum absolute atomic E-state index is 0.652. The lowest BCUT2D eigenvalue weighted by atomic mass is 9.56. The molecule has 3 saturated carbocycles. The molecule has 22 heavy (non-hydrogen) atoms. The highest BCUT2D eigenvalue weighted by molar-refractivity contribution is 5.31. The van der Waals surface area contributed by atoms with Crippen LogP contribution in [0, 0.1) is 29.1 Å². The molecule has 0 aromatic heterocycles. The zero-order valence-corrected chi connectivity index (χ0v) is 14.6. The number of hydrogen-bond acceptors (Lipinski definition) is 0. The number of benzene rings is 1. The van der Waals surface area contributed by atoms with Crippen LogP contribution in [0.2, 0.25) is 0 Å². The zero-order valence-electron chi connectivity index (χ0n) is 14.6. The average molecular weight is 296 g/mol. The van der Waals surface area contributed by atoms with Gasteiger partial charge >= 0.3 is 0 Å². The Morgan fingerprint density at radius 3 is 2.73 bits per heavy atom. The van der Waals surface area contributed by atoms with Crippen molar-refractivity contribution >= 4 is 0 Å². The van der Waals surface area contributed by atoms with E-state index in [4.69, 9.17) is 0 Å². The summed E-state index contributed by atoms with van der Waals surface area (Å²) in [6, 6.07) is 9.26. The molecule has 0 aliphatic heterocycles.